The lowest BCUT2D eigenvalue weighted by Gasteiger charge is -2.14. The Hall–Kier alpha value is -3.21. The van der Waals surface area contributed by atoms with Crippen molar-refractivity contribution in [1.29, 1.82) is 0 Å². The number of rotatable bonds is 7. The molecule has 1 aliphatic rings. The van der Waals surface area contributed by atoms with Crippen LogP contribution < -0.4 is 16.6 Å². The van der Waals surface area contributed by atoms with E-state index in [9.17, 15) is 9.59 Å². The van der Waals surface area contributed by atoms with Gasteiger partial charge in [-0.05, 0) is 43.4 Å². The molecule has 1 fully saturated rings. The van der Waals surface area contributed by atoms with E-state index in [2.05, 4.69) is 20.3 Å². The van der Waals surface area contributed by atoms with E-state index < -0.39 is 0 Å². The van der Waals surface area contributed by atoms with Gasteiger partial charge in [-0.2, -0.15) is 0 Å². The number of aromatic amines is 1. The van der Waals surface area contributed by atoms with Gasteiger partial charge in [0.1, 0.15) is 12.2 Å². The highest BCUT2D eigenvalue weighted by atomic mass is 32.2. The second-order valence-electron chi connectivity index (χ2n) is 7.10. The average Bonchev–Trinajstić information content (AvgIpc) is 3.47. The summed E-state index contributed by atoms with van der Waals surface area (Å²) in [7, 11) is 0. The summed E-state index contributed by atoms with van der Waals surface area (Å²) >= 11 is 1.63. The third kappa shape index (κ3) is 5.03. The number of amides is 1. The quantitative estimate of drug-likeness (QED) is 0.479. The van der Waals surface area contributed by atoms with Crippen LogP contribution >= 0.6 is 11.8 Å². The summed E-state index contributed by atoms with van der Waals surface area (Å²) < 4.78 is 1.42. The van der Waals surface area contributed by atoms with Gasteiger partial charge in [0.15, 0.2) is 5.65 Å². The van der Waals surface area contributed by atoms with Gasteiger partial charge in [-0.15, -0.1) is 11.8 Å². The highest BCUT2D eigenvalue weighted by molar-refractivity contribution is 7.99. The fourth-order valence-corrected chi connectivity index (χ4v) is 4.18. The molecular formula is C19H26N6O4S. The average molecular weight is 435 g/mol. The molecule has 0 saturated heterocycles. The first-order valence-electron chi connectivity index (χ1n) is 9.35. The van der Waals surface area contributed by atoms with E-state index in [0.717, 1.165) is 33.3 Å². The van der Waals surface area contributed by atoms with E-state index in [-0.39, 0.29) is 26.6 Å². The van der Waals surface area contributed by atoms with Crippen LogP contribution in [0.2, 0.25) is 0 Å². The van der Waals surface area contributed by atoms with Crippen LogP contribution in [0.4, 0.5) is 5.69 Å². The lowest BCUT2D eigenvalue weighted by atomic mass is 10.2. The van der Waals surface area contributed by atoms with Crippen LogP contribution in [0.1, 0.15) is 27.0 Å². The van der Waals surface area contributed by atoms with E-state index in [4.69, 9.17) is 15.7 Å². The molecule has 162 valence electrons. The zero-order valence-electron chi connectivity index (χ0n) is 16.4. The molecular weight excluding hydrogens is 408 g/mol. The highest BCUT2D eigenvalue weighted by Crippen LogP contribution is 2.36. The van der Waals surface area contributed by atoms with Crippen LogP contribution in [-0.2, 0) is 17.9 Å². The predicted octanol–water partition coefficient (Wildman–Crippen LogP) is 2.39. The number of carbonyl (C=O) groups excluding carboxylic acids is 1. The third-order valence-electron chi connectivity index (χ3n) is 4.80. The molecule has 0 unspecified atom stereocenters. The van der Waals surface area contributed by atoms with Gasteiger partial charge < -0.3 is 20.6 Å². The number of nitrogens with one attached hydrogen (secondary N) is 2. The van der Waals surface area contributed by atoms with Crippen molar-refractivity contribution < 1.29 is 7.65 Å². The zero-order chi connectivity index (χ0) is 21.7. The van der Waals surface area contributed by atoms with Gasteiger partial charge in [-0.25, -0.2) is 9.97 Å². The summed E-state index contributed by atoms with van der Waals surface area (Å²) in [5, 5.41) is 2.82. The van der Waals surface area contributed by atoms with Crippen molar-refractivity contribution >= 4 is 34.5 Å². The molecule has 30 heavy (non-hydrogen) atoms. The van der Waals surface area contributed by atoms with Crippen molar-refractivity contribution in [1.82, 2.24) is 24.8 Å². The molecule has 10 nitrogen and oxygen atoms in total. The molecule has 4 N–H and O–H groups in total. The van der Waals surface area contributed by atoms with Crippen molar-refractivity contribution in [2.75, 3.05) is 11.5 Å². The van der Waals surface area contributed by atoms with E-state index >= 15 is 0 Å². The first-order valence-corrected chi connectivity index (χ1v) is 10.3. The van der Waals surface area contributed by atoms with Gasteiger partial charge in [-0.3, -0.25) is 9.59 Å². The number of carbonyl (C=O) groups is 1. The molecule has 4 rings (SSSR count). The smallest absolute Gasteiger partial charge is 0.275 e. The lowest BCUT2D eigenvalue weighted by molar-refractivity contribution is -0.121. The Labute approximate surface area is 178 Å². The Morgan fingerprint density at radius 3 is 2.87 bits per heavy atom. The van der Waals surface area contributed by atoms with Gasteiger partial charge in [0.2, 0.25) is 5.91 Å². The Morgan fingerprint density at radius 1 is 1.37 bits per heavy atom. The summed E-state index contributed by atoms with van der Waals surface area (Å²) in [6.07, 6.45) is 5.76. The van der Waals surface area contributed by atoms with E-state index in [1.807, 2.05) is 19.1 Å². The number of nitrogens with zero attached hydrogens (tertiary/aromatic N) is 3. The fourth-order valence-electron chi connectivity index (χ4n) is 2.93. The molecule has 0 radical (unpaired) electrons. The van der Waals surface area contributed by atoms with Crippen LogP contribution in [0.25, 0.3) is 11.2 Å². The topological polar surface area (TPSA) is 153 Å². The van der Waals surface area contributed by atoms with Crippen molar-refractivity contribution in [3.05, 3.63) is 56.2 Å². The van der Waals surface area contributed by atoms with Gasteiger partial charge in [0, 0.05) is 41.9 Å². The Morgan fingerprint density at radius 2 is 2.13 bits per heavy atom. The molecule has 11 heteroatoms. The first kappa shape index (κ1) is 21.5. The van der Waals surface area contributed by atoms with Crippen molar-refractivity contribution in [2.24, 2.45) is 5.92 Å². The number of H-pyrrole nitrogens is 1. The first-order chi connectivity index (χ1) is 14.5. The van der Waals surface area contributed by atoms with Crippen LogP contribution in [0.15, 0.2) is 34.3 Å². The summed E-state index contributed by atoms with van der Waals surface area (Å²) in [4.78, 5) is 51.1. The van der Waals surface area contributed by atoms with Gasteiger partial charge in [0.25, 0.3) is 5.56 Å². The van der Waals surface area contributed by atoms with E-state index in [1.165, 1.54) is 17.4 Å². The molecule has 3 aromatic rings. The number of hydrogen-bond donors (Lipinski definition) is 3. The second-order valence-corrected chi connectivity index (χ2v) is 8.17. The van der Waals surface area contributed by atoms with Crippen molar-refractivity contribution in [3.63, 3.8) is 0 Å². The number of nitrogens with two attached hydrogens (primary N) is 1. The van der Waals surface area contributed by atoms with Crippen LogP contribution in [0, 0.1) is 22.8 Å². The SMILES string of the molecule is Cc1cc(SCC2CC2)c(N)c(=O)n1CC(=O)NCc1cnc2nc[nH]c2c1.O=O.[HH].[HH]. The molecule has 0 bridgehead atoms. The fraction of sp³-hybridized carbons (Fsp3) is 0.368. The number of imidazole rings is 1. The number of thioether (sulfide) groups is 1. The molecule has 0 spiro atoms. The van der Waals surface area contributed by atoms with Crippen molar-refractivity contribution in [3.8, 4) is 0 Å². The lowest BCUT2D eigenvalue weighted by Crippen LogP contribution is -2.34. The minimum atomic E-state index is -0.311. The summed E-state index contributed by atoms with van der Waals surface area (Å²) in [5.74, 6) is 1.48. The maximum Gasteiger partial charge on any atom is 0.275 e. The van der Waals surface area contributed by atoms with Gasteiger partial charge in [-0.1, -0.05) is 0 Å². The maximum absolute atomic E-state index is 12.6. The monoisotopic (exact) mass is 434 g/mol. The molecule has 0 aliphatic heterocycles. The molecule has 1 saturated carbocycles. The summed E-state index contributed by atoms with van der Waals surface area (Å²) in [5.41, 5.74) is 8.97. The number of aromatic nitrogens is 4. The van der Waals surface area contributed by atoms with Crippen LogP contribution in [0.3, 0.4) is 0 Å². The number of pyridine rings is 2. The third-order valence-corrected chi connectivity index (χ3v) is 6.09. The standard InChI is InChI=1S/C19H22N6O2S.O2.2H2/c1-11-4-15(28-9-12-2-3-12)17(20)19(27)25(11)8-16(26)21-6-13-5-14-18(22-7-13)24-10-23-14;1-2;;/h4-5,7,10,12H,2-3,6,8-9,20H2,1H3,(H,21,26)(H,22,23,24);;2*1H. The summed E-state index contributed by atoms with van der Waals surface area (Å²) in [6, 6.07) is 3.78. The number of aryl methyl sites for hydroxylation is 1. The minimum absolute atomic E-state index is 0. The van der Waals surface area contributed by atoms with Gasteiger partial charge in [0.05, 0.1) is 11.8 Å². The maximum atomic E-state index is 12.6. The van der Waals surface area contributed by atoms with Crippen LogP contribution in [0.5, 0.6) is 0 Å². The number of fused-ring (bicyclic) bond motifs is 1. The molecule has 0 aromatic carbocycles. The van der Waals surface area contributed by atoms with Crippen LogP contribution in [-0.4, -0.2) is 31.2 Å². The normalized spacial score (nSPS) is 13.0. The molecule has 1 aliphatic carbocycles. The Balaban J connectivity index is 0.00000125. The van der Waals surface area contributed by atoms with E-state index in [1.54, 1.807) is 24.3 Å². The second kappa shape index (κ2) is 9.53. The Kier molecular flexibility index (Phi) is 6.83. The molecule has 3 aromatic heterocycles. The molecule has 0 atom stereocenters. The predicted molar refractivity (Wildman–Crippen MR) is 120 cm³/mol. The minimum Gasteiger partial charge on any atom is -0.393 e. The zero-order valence-corrected chi connectivity index (χ0v) is 17.2. The Bertz CT molecular complexity index is 1120. The largest absolute Gasteiger partial charge is 0.393 e. The molecule has 1 amide bonds. The van der Waals surface area contributed by atoms with Gasteiger partial charge >= 0.3 is 0 Å². The van der Waals surface area contributed by atoms with Crippen molar-refractivity contribution in [2.45, 2.75) is 37.8 Å². The summed E-state index contributed by atoms with van der Waals surface area (Å²) in [6.45, 7) is 2.08. The molecule has 3 heterocycles. The highest BCUT2D eigenvalue weighted by Gasteiger charge is 2.22. The number of nitrogen functional groups attached to an aromatic ring is 1. The van der Waals surface area contributed by atoms with E-state index in [0.29, 0.717) is 12.2 Å². The number of hydrogen-bond acceptors (Lipinski definition) is 8. The number of anilines is 1.